The van der Waals surface area contributed by atoms with Crippen LogP contribution in [0, 0.1) is 6.92 Å². The minimum absolute atomic E-state index is 0.0143. The van der Waals surface area contributed by atoms with Crippen LogP contribution in [-0.2, 0) is 12.8 Å². The largest absolute Gasteiger partial charge is 0.497 e. The number of hydrogen-bond donors (Lipinski definition) is 0. The molecule has 6 nitrogen and oxygen atoms in total. The summed E-state index contributed by atoms with van der Waals surface area (Å²) >= 11 is 0. The quantitative estimate of drug-likeness (QED) is 0.449. The lowest BCUT2D eigenvalue weighted by Crippen LogP contribution is -2.19. The van der Waals surface area contributed by atoms with E-state index in [9.17, 15) is 0 Å². The molecule has 1 unspecified atom stereocenters. The number of methoxy groups -OCH3 is 6. The zero-order chi connectivity index (χ0) is 24.4. The van der Waals surface area contributed by atoms with Crippen molar-refractivity contribution in [3.8, 4) is 34.5 Å². The van der Waals surface area contributed by atoms with Gasteiger partial charge in [-0.05, 0) is 59.9 Å². The van der Waals surface area contributed by atoms with Crippen molar-refractivity contribution in [2.45, 2.75) is 25.7 Å². The molecule has 6 heteroatoms. The van der Waals surface area contributed by atoms with E-state index >= 15 is 0 Å². The Bertz CT molecular complexity index is 1200. The Kier molecular flexibility index (Phi) is 6.77. The molecule has 1 aliphatic rings. The summed E-state index contributed by atoms with van der Waals surface area (Å²) in [7, 11) is 10.1. The molecule has 0 fully saturated rings. The van der Waals surface area contributed by atoms with E-state index in [4.69, 9.17) is 28.4 Å². The average Bonchev–Trinajstić information content (AvgIpc) is 2.87. The monoisotopic (exact) mass is 464 g/mol. The van der Waals surface area contributed by atoms with Gasteiger partial charge in [0.25, 0.3) is 0 Å². The van der Waals surface area contributed by atoms with Crippen molar-refractivity contribution in [3.05, 3.63) is 69.8 Å². The van der Waals surface area contributed by atoms with Gasteiger partial charge in [-0.3, -0.25) is 0 Å². The van der Waals surface area contributed by atoms with Gasteiger partial charge in [0.1, 0.15) is 23.0 Å². The van der Waals surface area contributed by atoms with Gasteiger partial charge in [-0.15, -0.1) is 0 Å². The van der Waals surface area contributed by atoms with Crippen LogP contribution in [0.5, 0.6) is 34.5 Å². The number of rotatable bonds is 8. The molecule has 0 heterocycles. The summed E-state index contributed by atoms with van der Waals surface area (Å²) < 4.78 is 34.0. The first-order valence-corrected chi connectivity index (χ1v) is 11.2. The van der Waals surface area contributed by atoms with E-state index in [1.165, 1.54) is 11.1 Å². The highest BCUT2D eigenvalue weighted by Gasteiger charge is 2.32. The maximum atomic E-state index is 5.88. The maximum Gasteiger partial charge on any atom is 0.161 e. The molecule has 0 aromatic heterocycles. The van der Waals surface area contributed by atoms with Crippen molar-refractivity contribution in [2.24, 2.45) is 0 Å². The summed E-state index contributed by atoms with van der Waals surface area (Å²) in [5, 5.41) is 0. The Morgan fingerprint density at radius 2 is 1.24 bits per heavy atom. The van der Waals surface area contributed by atoms with Crippen LogP contribution in [0.3, 0.4) is 0 Å². The van der Waals surface area contributed by atoms with Gasteiger partial charge in [0.2, 0.25) is 0 Å². The smallest absolute Gasteiger partial charge is 0.161 e. The lowest BCUT2D eigenvalue weighted by molar-refractivity contribution is 0.354. The predicted octanol–water partition coefficient (Wildman–Crippen LogP) is 5.33. The molecular formula is C28H32O6. The van der Waals surface area contributed by atoms with Crippen molar-refractivity contribution >= 4 is 0 Å². The summed E-state index contributed by atoms with van der Waals surface area (Å²) in [6, 6.07) is 12.2. The van der Waals surface area contributed by atoms with Gasteiger partial charge in [-0.1, -0.05) is 0 Å². The van der Waals surface area contributed by atoms with Crippen molar-refractivity contribution < 1.29 is 28.4 Å². The van der Waals surface area contributed by atoms with E-state index in [0.717, 1.165) is 57.4 Å². The van der Waals surface area contributed by atoms with E-state index in [1.54, 1.807) is 42.7 Å². The molecule has 3 aromatic rings. The second-order valence-electron chi connectivity index (χ2n) is 8.37. The van der Waals surface area contributed by atoms with Gasteiger partial charge in [0.15, 0.2) is 11.5 Å². The molecule has 0 spiro atoms. The van der Waals surface area contributed by atoms with Crippen molar-refractivity contribution in [3.63, 3.8) is 0 Å². The van der Waals surface area contributed by atoms with Crippen molar-refractivity contribution in [2.75, 3.05) is 42.7 Å². The number of benzene rings is 3. The van der Waals surface area contributed by atoms with Crippen LogP contribution in [0.4, 0.5) is 0 Å². The van der Waals surface area contributed by atoms with E-state index < -0.39 is 0 Å². The highest BCUT2D eigenvalue weighted by Crippen LogP contribution is 2.49. The lowest BCUT2D eigenvalue weighted by Gasteiger charge is -2.32. The molecule has 0 N–H and O–H groups in total. The molecular weight excluding hydrogens is 432 g/mol. The van der Waals surface area contributed by atoms with Crippen LogP contribution in [0.1, 0.15) is 39.3 Å². The molecule has 0 saturated carbocycles. The van der Waals surface area contributed by atoms with E-state index in [1.807, 2.05) is 18.2 Å². The van der Waals surface area contributed by atoms with Gasteiger partial charge in [0, 0.05) is 35.6 Å². The van der Waals surface area contributed by atoms with Crippen LogP contribution < -0.4 is 28.4 Å². The Balaban J connectivity index is 1.95. The van der Waals surface area contributed by atoms with Gasteiger partial charge in [-0.25, -0.2) is 0 Å². The zero-order valence-corrected chi connectivity index (χ0v) is 20.9. The molecule has 0 aliphatic heterocycles. The minimum atomic E-state index is 0.0143. The summed E-state index contributed by atoms with van der Waals surface area (Å²) in [4.78, 5) is 0. The van der Waals surface area contributed by atoms with Crippen LogP contribution in [0.25, 0.3) is 0 Å². The van der Waals surface area contributed by atoms with Gasteiger partial charge < -0.3 is 28.4 Å². The fourth-order valence-corrected chi connectivity index (χ4v) is 4.95. The lowest BCUT2D eigenvalue weighted by atomic mass is 9.74. The van der Waals surface area contributed by atoms with Crippen molar-refractivity contribution in [1.29, 1.82) is 0 Å². The first kappa shape index (κ1) is 23.6. The van der Waals surface area contributed by atoms with Crippen LogP contribution >= 0.6 is 0 Å². The second-order valence-corrected chi connectivity index (χ2v) is 8.37. The Hall–Kier alpha value is -3.54. The summed E-state index contributed by atoms with van der Waals surface area (Å²) in [6.07, 6.45) is 1.46. The van der Waals surface area contributed by atoms with Crippen LogP contribution in [0.2, 0.25) is 0 Å². The number of hydrogen-bond acceptors (Lipinski definition) is 6. The Morgan fingerprint density at radius 3 is 1.85 bits per heavy atom. The second kappa shape index (κ2) is 9.75. The number of ether oxygens (including phenoxy) is 6. The number of aryl methyl sites for hydroxylation is 1. The summed E-state index contributed by atoms with van der Waals surface area (Å²) in [6.45, 7) is 2.10. The molecule has 4 rings (SSSR count). The SMILES string of the molecule is COc1cc2c(c(OC)c1)C(Cc1cc(OC)c(OC)cc1C)c1cc(OC)cc(OC)c1C2. The van der Waals surface area contributed by atoms with Gasteiger partial charge in [0.05, 0.1) is 42.7 Å². The topological polar surface area (TPSA) is 55.4 Å². The molecule has 0 radical (unpaired) electrons. The fourth-order valence-electron chi connectivity index (χ4n) is 4.95. The van der Waals surface area contributed by atoms with E-state index in [2.05, 4.69) is 25.1 Å². The molecule has 34 heavy (non-hydrogen) atoms. The minimum Gasteiger partial charge on any atom is -0.497 e. The third-order valence-corrected chi connectivity index (χ3v) is 6.69. The van der Waals surface area contributed by atoms with E-state index in [-0.39, 0.29) is 5.92 Å². The highest BCUT2D eigenvalue weighted by molar-refractivity contribution is 5.62. The summed E-state index contributed by atoms with van der Waals surface area (Å²) in [5.41, 5.74) is 6.93. The Morgan fingerprint density at radius 1 is 0.647 bits per heavy atom. The average molecular weight is 465 g/mol. The first-order chi connectivity index (χ1) is 16.5. The molecule has 0 bridgehead atoms. The molecule has 1 atom stereocenters. The maximum absolute atomic E-state index is 5.88. The van der Waals surface area contributed by atoms with Crippen molar-refractivity contribution in [1.82, 2.24) is 0 Å². The molecule has 1 aliphatic carbocycles. The third kappa shape index (κ3) is 4.09. The molecule has 180 valence electrons. The molecule has 0 amide bonds. The standard InChI is InChI=1S/C28H32O6/c1-16-8-25(32-5)26(33-6)12-17(16)10-23-21-13-20(30-3)14-24(31-4)22(21)11-18-9-19(29-2)15-27(34-7)28(18)23/h8-9,12-15,23H,10-11H2,1-7H3. The Labute approximate surface area is 201 Å². The normalized spacial score (nSPS) is 14.0. The molecule has 3 aromatic carbocycles. The zero-order valence-electron chi connectivity index (χ0n) is 20.9. The number of fused-ring (bicyclic) bond motifs is 2. The first-order valence-electron chi connectivity index (χ1n) is 11.2. The van der Waals surface area contributed by atoms with E-state index in [0.29, 0.717) is 12.2 Å². The third-order valence-electron chi connectivity index (χ3n) is 6.69. The van der Waals surface area contributed by atoms with Crippen LogP contribution in [-0.4, -0.2) is 42.7 Å². The van der Waals surface area contributed by atoms with Gasteiger partial charge in [-0.2, -0.15) is 0 Å². The summed E-state index contributed by atoms with van der Waals surface area (Å²) in [5.74, 6) is 4.61. The van der Waals surface area contributed by atoms with Gasteiger partial charge >= 0.3 is 0 Å². The predicted molar refractivity (Wildman–Crippen MR) is 132 cm³/mol. The van der Waals surface area contributed by atoms with Crippen LogP contribution in [0.15, 0.2) is 36.4 Å². The highest BCUT2D eigenvalue weighted by atomic mass is 16.5. The molecule has 0 saturated heterocycles. The fraction of sp³-hybridized carbons (Fsp3) is 0.357.